The Labute approximate surface area is 134 Å². The number of carbonyl (C=O) groups is 2. The minimum absolute atomic E-state index is 0.0881. The number of pyridine rings is 1. The first-order valence-electron chi connectivity index (χ1n) is 7.08. The summed E-state index contributed by atoms with van der Waals surface area (Å²) in [4.78, 5) is 28.8. The van der Waals surface area contributed by atoms with Crippen molar-refractivity contribution >= 4 is 12.0 Å². The van der Waals surface area contributed by atoms with Crippen molar-refractivity contribution in [2.75, 3.05) is 33.9 Å². The summed E-state index contributed by atoms with van der Waals surface area (Å²) in [6, 6.07) is 3.12. The molecule has 1 aliphatic heterocycles. The molecule has 0 atom stereocenters. The molecule has 0 bridgehead atoms. The average Bonchev–Trinajstić information content (AvgIpc) is 3.08. The molecule has 124 valence electrons. The number of aromatic nitrogens is 1. The first-order chi connectivity index (χ1) is 11.1. The van der Waals surface area contributed by atoms with Crippen molar-refractivity contribution in [2.24, 2.45) is 0 Å². The predicted molar refractivity (Wildman–Crippen MR) is 81.2 cm³/mol. The highest BCUT2D eigenvalue weighted by molar-refractivity contribution is 5.97. The smallest absolute Gasteiger partial charge is 0.429 e. The molecule has 0 saturated carbocycles. The molecular formula is C15H19N3O5. The molecular weight excluding hydrogens is 302 g/mol. The largest absolute Gasteiger partial charge is 0.481 e. The summed E-state index contributed by atoms with van der Waals surface area (Å²) >= 11 is 0. The lowest BCUT2D eigenvalue weighted by Gasteiger charge is -2.27. The van der Waals surface area contributed by atoms with E-state index >= 15 is 0 Å². The molecule has 0 radical (unpaired) electrons. The van der Waals surface area contributed by atoms with E-state index in [1.54, 1.807) is 12.1 Å². The zero-order valence-electron chi connectivity index (χ0n) is 13.2. The number of amides is 2. The second-order valence-electron chi connectivity index (χ2n) is 4.68. The standard InChI is InChI=1S/C15H19N3O5/c1-4-10-23-15(20)18-9-5-8-17(18)14(19)11-6-7-12(21-2)16-13(11)22-3/h4,6-7H,1,5,8-10H2,2-3H3. The molecule has 1 aliphatic rings. The Kier molecular flexibility index (Phi) is 5.40. The van der Waals surface area contributed by atoms with Crippen LogP contribution < -0.4 is 9.47 Å². The number of hydrogen-bond acceptors (Lipinski definition) is 6. The third kappa shape index (κ3) is 3.53. The second kappa shape index (κ2) is 7.48. The topological polar surface area (TPSA) is 81.2 Å². The van der Waals surface area contributed by atoms with Crippen LogP contribution in [-0.2, 0) is 4.74 Å². The minimum atomic E-state index is -0.587. The van der Waals surface area contributed by atoms with E-state index in [0.717, 1.165) is 0 Å². The monoisotopic (exact) mass is 321 g/mol. The molecule has 0 spiro atoms. The number of ether oxygens (including phenoxy) is 3. The molecule has 0 aliphatic carbocycles. The van der Waals surface area contributed by atoms with E-state index in [4.69, 9.17) is 14.2 Å². The number of nitrogens with zero attached hydrogens (tertiary/aromatic N) is 3. The van der Waals surface area contributed by atoms with E-state index in [1.807, 2.05) is 0 Å². The summed E-state index contributed by atoms with van der Waals surface area (Å²) in [6.45, 7) is 4.40. The van der Waals surface area contributed by atoms with Gasteiger partial charge in [-0.05, 0) is 12.5 Å². The number of methoxy groups -OCH3 is 2. The summed E-state index contributed by atoms with van der Waals surface area (Å²) in [7, 11) is 2.89. The van der Waals surface area contributed by atoms with Gasteiger partial charge in [0.25, 0.3) is 5.91 Å². The zero-order chi connectivity index (χ0) is 16.8. The molecule has 8 nitrogen and oxygen atoms in total. The molecule has 0 unspecified atom stereocenters. The highest BCUT2D eigenvalue weighted by atomic mass is 16.6. The summed E-state index contributed by atoms with van der Waals surface area (Å²) in [6.07, 6.45) is 1.55. The number of hydrazine groups is 1. The maximum Gasteiger partial charge on any atom is 0.429 e. The van der Waals surface area contributed by atoms with Gasteiger partial charge in [-0.15, -0.1) is 0 Å². The van der Waals surface area contributed by atoms with Gasteiger partial charge in [-0.2, -0.15) is 4.98 Å². The van der Waals surface area contributed by atoms with Crippen molar-refractivity contribution < 1.29 is 23.8 Å². The van der Waals surface area contributed by atoms with Crippen LogP contribution in [0.1, 0.15) is 16.8 Å². The van der Waals surface area contributed by atoms with Crippen molar-refractivity contribution in [3.05, 3.63) is 30.4 Å². The third-order valence-corrected chi connectivity index (χ3v) is 3.27. The Morgan fingerprint density at radius 3 is 2.65 bits per heavy atom. The Morgan fingerprint density at radius 2 is 2.00 bits per heavy atom. The van der Waals surface area contributed by atoms with Crippen LogP contribution in [0.5, 0.6) is 11.8 Å². The zero-order valence-corrected chi connectivity index (χ0v) is 13.2. The number of carbonyl (C=O) groups excluding carboxylic acids is 2. The minimum Gasteiger partial charge on any atom is -0.481 e. The molecule has 0 aromatic carbocycles. The van der Waals surface area contributed by atoms with E-state index < -0.39 is 6.09 Å². The lowest BCUT2D eigenvalue weighted by molar-refractivity contribution is 0.0158. The van der Waals surface area contributed by atoms with Gasteiger partial charge in [-0.3, -0.25) is 4.79 Å². The molecule has 1 aromatic heterocycles. The third-order valence-electron chi connectivity index (χ3n) is 3.27. The van der Waals surface area contributed by atoms with E-state index in [9.17, 15) is 9.59 Å². The average molecular weight is 321 g/mol. The number of rotatable bonds is 5. The lowest BCUT2D eigenvalue weighted by atomic mass is 10.2. The molecule has 1 fully saturated rings. The molecule has 2 rings (SSSR count). The van der Waals surface area contributed by atoms with Gasteiger partial charge in [-0.1, -0.05) is 12.7 Å². The molecule has 2 heterocycles. The summed E-state index contributed by atoms with van der Waals surface area (Å²) in [5.74, 6) is 0.0905. The van der Waals surface area contributed by atoms with Crippen molar-refractivity contribution in [1.29, 1.82) is 0 Å². The summed E-state index contributed by atoms with van der Waals surface area (Å²) in [5.41, 5.74) is 0.247. The fraction of sp³-hybridized carbons (Fsp3) is 0.400. The fourth-order valence-electron chi connectivity index (χ4n) is 2.21. The molecule has 2 amide bonds. The van der Waals surface area contributed by atoms with E-state index in [0.29, 0.717) is 25.4 Å². The maximum atomic E-state index is 12.7. The van der Waals surface area contributed by atoms with Crippen molar-refractivity contribution in [3.8, 4) is 11.8 Å². The van der Waals surface area contributed by atoms with Crippen LogP contribution in [0.2, 0.25) is 0 Å². The van der Waals surface area contributed by atoms with Gasteiger partial charge in [0, 0.05) is 19.2 Å². The van der Waals surface area contributed by atoms with Gasteiger partial charge in [-0.25, -0.2) is 14.8 Å². The highest BCUT2D eigenvalue weighted by Crippen LogP contribution is 2.24. The SMILES string of the molecule is C=CCOC(=O)N1CCCN1C(=O)c1ccc(OC)nc1OC. The Balaban J connectivity index is 2.21. The lowest BCUT2D eigenvalue weighted by Crippen LogP contribution is -2.45. The van der Waals surface area contributed by atoms with Crippen molar-refractivity contribution in [2.45, 2.75) is 6.42 Å². The van der Waals surface area contributed by atoms with Gasteiger partial charge in [0.2, 0.25) is 11.8 Å². The van der Waals surface area contributed by atoms with Crippen LogP contribution >= 0.6 is 0 Å². The summed E-state index contributed by atoms with van der Waals surface area (Å²) < 4.78 is 15.1. The first-order valence-corrected chi connectivity index (χ1v) is 7.08. The van der Waals surface area contributed by atoms with Gasteiger partial charge >= 0.3 is 6.09 Å². The number of hydrogen-bond donors (Lipinski definition) is 0. The molecule has 1 saturated heterocycles. The first kappa shape index (κ1) is 16.6. The molecule has 1 aromatic rings. The van der Waals surface area contributed by atoms with Gasteiger partial charge in [0.15, 0.2) is 0 Å². The molecule has 8 heteroatoms. The van der Waals surface area contributed by atoms with E-state index in [1.165, 1.54) is 30.3 Å². The summed E-state index contributed by atoms with van der Waals surface area (Å²) in [5, 5.41) is 2.60. The highest BCUT2D eigenvalue weighted by Gasteiger charge is 2.33. The normalized spacial score (nSPS) is 13.7. The fourth-order valence-corrected chi connectivity index (χ4v) is 2.21. The second-order valence-corrected chi connectivity index (χ2v) is 4.68. The van der Waals surface area contributed by atoms with E-state index in [2.05, 4.69) is 11.6 Å². The van der Waals surface area contributed by atoms with Crippen LogP contribution in [0.4, 0.5) is 4.79 Å². The van der Waals surface area contributed by atoms with Crippen LogP contribution in [0, 0.1) is 0 Å². The van der Waals surface area contributed by atoms with Crippen LogP contribution in [0.25, 0.3) is 0 Å². The maximum absolute atomic E-state index is 12.7. The van der Waals surface area contributed by atoms with Crippen LogP contribution in [0.3, 0.4) is 0 Å². The Hall–Kier alpha value is -2.77. The van der Waals surface area contributed by atoms with Crippen molar-refractivity contribution in [3.63, 3.8) is 0 Å². The van der Waals surface area contributed by atoms with Gasteiger partial charge < -0.3 is 14.2 Å². The molecule has 0 N–H and O–H groups in total. The predicted octanol–water partition coefficient (Wildman–Crippen LogP) is 1.48. The van der Waals surface area contributed by atoms with Gasteiger partial charge in [0.05, 0.1) is 14.2 Å². The van der Waals surface area contributed by atoms with Crippen LogP contribution in [0.15, 0.2) is 24.8 Å². The van der Waals surface area contributed by atoms with E-state index in [-0.39, 0.29) is 24.0 Å². The Bertz CT molecular complexity index is 605. The van der Waals surface area contributed by atoms with Gasteiger partial charge in [0.1, 0.15) is 12.2 Å². The quantitative estimate of drug-likeness (QED) is 0.764. The van der Waals surface area contributed by atoms with Crippen LogP contribution in [-0.4, -0.2) is 60.9 Å². The Morgan fingerprint density at radius 1 is 1.26 bits per heavy atom. The van der Waals surface area contributed by atoms with Crippen molar-refractivity contribution in [1.82, 2.24) is 15.0 Å². The molecule has 23 heavy (non-hydrogen) atoms.